The highest BCUT2D eigenvalue weighted by atomic mass is 16.2. The summed E-state index contributed by atoms with van der Waals surface area (Å²) in [7, 11) is 0. The minimum absolute atomic E-state index is 0.0284. The van der Waals surface area contributed by atoms with Crippen LogP contribution in [0.3, 0.4) is 0 Å². The molecule has 0 radical (unpaired) electrons. The van der Waals surface area contributed by atoms with Crippen LogP contribution >= 0.6 is 0 Å². The van der Waals surface area contributed by atoms with E-state index in [4.69, 9.17) is 4.98 Å². The zero-order chi connectivity index (χ0) is 16.5. The summed E-state index contributed by atoms with van der Waals surface area (Å²) < 4.78 is 0. The molecule has 0 aliphatic heterocycles. The third-order valence-electron chi connectivity index (χ3n) is 3.99. The number of nitrogens with zero attached hydrogens (tertiary/aromatic N) is 2. The van der Waals surface area contributed by atoms with Gasteiger partial charge in [0.2, 0.25) is 0 Å². The van der Waals surface area contributed by atoms with Crippen LogP contribution in [-0.2, 0) is 11.8 Å². The predicted molar refractivity (Wildman–Crippen MR) is 87.8 cm³/mol. The molecule has 1 unspecified atom stereocenters. The van der Waals surface area contributed by atoms with E-state index < -0.39 is 0 Å². The first kappa shape index (κ1) is 16.7. The average molecular weight is 304 g/mol. The van der Waals surface area contributed by atoms with E-state index in [2.05, 4.69) is 50.2 Å². The Kier molecular flexibility index (Phi) is 4.45. The molecule has 0 aromatic carbocycles. The van der Waals surface area contributed by atoms with Gasteiger partial charge < -0.3 is 10.6 Å². The summed E-state index contributed by atoms with van der Waals surface area (Å²) in [5.74, 6) is 0.862. The first-order chi connectivity index (χ1) is 10.1. The van der Waals surface area contributed by atoms with Gasteiger partial charge in [0.1, 0.15) is 5.82 Å². The highest BCUT2D eigenvalue weighted by molar-refractivity contribution is 5.74. The van der Waals surface area contributed by atoms with Crippen molar-refractivity contribution in [3.05, 3.63) is 23.3 Å². The maximum Gasteiger partial charge on any atom is 0.315 e. The summed E-state index contributed by atoms with van der Waals surface area (Å²) in [4.78, 5) is 21.2. The van der Waals surface area contributed by atoms with Gasteiger partial charge in [-0.2, -0.15) is 0 Å². The SMILES string of the molecule is CCNC(=O)NC1CC(C)(C)Cc2nc(C(C)(C)C)ncc21. The van der Waals surface area contributed by atoms with E-state index >= 15 is 0 Å². The van der Waals surface area contributed by atoms with Gasteiger partial charge in [0, 0.05) is 29.4 Å². The number of aromatic nitrogens is 2. The minimum atomic E-state index is -0.129. The lowest BCUT2D eigenvalue weighted by atomic mass is 9.74. The van der Waals surface area contributed by atoms with Crippen LogP contribution in [0.1, 0.15) is 71.1 Å². The summed E-state index contributed by atoms with van der Waals surface area (Å²) >= 11 is 0. The van der Waals surface area contributed by atoms with Gasteiger partial charge in [-0.3, -0.25) is 0 Å². The molecule has 1 atom stereocenters. The predicted octanol–water partition coefficient (Wildman–Crippen LogP) is 3.11. The molecule has 0 fully saturated rings. The van der Waals surface area contributed by atoms with Crippen LogP contribution in [0.25, 0.3) is 0 Å². The summed E-state index contributed by atoms with van der Waals surface area (Å²) in [6, 6.07) is -0.157. The van der Waals surface area contributed by atoms with Crippen LogP contribution in [0, 0.1) is 5.41 Å². The molecule has 5 heteroatoms. The Morgan fingerprint density at radius 2 is 2.09 bits per heavy atom. The molecular weight excluding hydrogens is 276 g/mol. The van der Waals surface area contributed by atoms with Crippen molar-refractivity contribution in [2.24, 2.45) is 5.41 Å². The maximum atomic E-state index is 11.9. The van der Waals surface area contributed by atoms with E-state index in [1.165, 1.54) is 0 Å². The Labute approximate surface area is 133 Å². The first-order valence-electron chi connectivity index (χ1n) is 8.03. The molecule has 1 aromatic rings. The summed E-state index contributed by atoms with van der Waals surface area (Å²) in [5, 5.41) is 5.86. The van der Waals surface area contributed by atoms with Crippen molar-refractivity contribution in [3.63, 3.8) is 0 Å². The molecule has 2 N–H and O–H groups in total. The monoisotopic (exact) mass is 304 g/mol. The number of nitrogens with one attached hydrogen (secondary N) is 2. The smallest absolute Gasteiger partial charge is 0.315 e. The molecular formula is C17H28N4O. The van der Waals surface area contributed by atoms with Crippen molar-refractivity contribution in [3.8, 4) is 0 Å². The number of rotatable bonds is 2. The quantitative estimate of drug-likeness (QED) is 0.882. The van der Waals surface area contributed by atoms with Crippen LogP contribution < -0.4 is 10.6 Å². The highest BCUT2D eigenvalue weighted by Gasteiger charge is 2.35. The Bertz CT molecular complexity index is 560. The number of carbonyl (C=O) groups excluding carboxylic acids is 1. The van der Waals surface area contributed by atoms with Gasteiger partial charge in [0.15, 0.2) is 0 Å². The Balaban J connectivity index is 2.34. The summed E-state index contributed by atoms with van der Waals surface area (Å²) in [6.07, 6.45) is 3.71. The first-order valence-corrected chi connectivity index (χ1v) is 8.03. The number of hydrogen-bond donors (Lipinski definition) is 2. The van der Waals surface area contributed by atoms with Crippen LogP contribution in [-0.4, -0.2) is 22.5 Å². The van der Waals surface area contributed by atoms with Gasteiger partial charge in [-0.15, -0.1) is 0 Å². The maximum absolute atomic E-state index is 11.9. The Morgan fingerprint density at radius 3 is 2.68 bits per heavy atom. The lowest BCUT2D eigenvalue weighted by molar-refractivity contribution is 0.220. The summed E-state index contributed by atoms with van der Waals surface area (Å²) in [6.45, 7) is 13.3. The van der Waals surface area contributed by atoms with Crippen LogP contribution in [0.4, 0.5) is 4.79 Å². The number of hydrogen-bond acceptors (Lipinski definition) is 3. The van der Waals surface area contributed by atoms with Crippen molar-refractivity contribution in [1.82, 2.24) is 20.6 Å². The van der Waals surface area contributed by atoms with Gasteiger partial charge in [-0.05, 0) is 25.2 Å². The van der Waals surface area contributed by atoms with Crippen molar-refractivity contribution in [1.29, 1.82) is 0 Å². The molecule has 1 aliphatic rings. The molecule has 0 bridgehead atoms. The van der Waals surface area contributed by atoms with E-state index in [9.17, 15) is 4.79 Å². The van der Waals surface area contributed by atoms with Gasteiger partial charge in [0.25, 0.3) is 0 Å². The second kappa shape index (κ2) is 5.86. The van der Waals surface area contributed by atoms with E-state index in [0.29, 0.717) is 6.54 Å². The highest BCUT2D eigenvalue weighted by Crippen LogP contribution is 2.40. The number of fused-ring (bicyclic) bond motifs is 1. The van der Waals surface area contributed by atoms with Crippen LogP contribution in [0.15, 0.2) is 6.20 Å². The zero-order valence-electron chi connectivity index (χ0n) is 14.6. The van der Waals surface area contributed by atoms with E-state index in [1.807, 2.05) is 13.1 Å². The fraction of sp³-hybridized carbons (Fsp3) is 0.706. The van der Waals surface area contributed by atoms with Gasteiger partial charge in [-0.1, -0.05) is 34.6 Å². The molecule has 1 aromatic heterocycles. The lowest BCUT2D eigenvalue weighted by Crippen LogP contribution is -2.42. The topological polar surface area (TPSA) is 66.9 Å². The molecule has 22 heavy (non-hydrogen) atoms. The molecule has 5 nitrogen and oxygen atoms in total. The van der Waals surface area contributed by atoms with Gasteiger partial charge in [0.05, 0.1) is 6.04 Å². The minimum Gasteiger partial charge on any atom is -0.338 e. The summed E-state index contributed by atoms with van der Waals surface area (Å²) in [5.41, 5.74) is 2.16. The molecule has 0 saturated heterocycles. The Morgan fingerprint density at radius 1 is 1.41 bits per heavy atom. The fourth-order valence-corrected chi connectivity index (χ4v) is 2.91. The zero-order valence-corrected chi connectivity index (χ0v) is 14.6. The fourth-order valence-electron chi connectivity index (χ4n) is 2.91. The molecule has 1 aliphatic carbocycles. The van der Waals surface area contributed by atoms with Crippen molar-refractivity contribution in [2.75, 3.05) is 6.54 Å². The normalized spacial score (nSPS) is 20.2. The van der Waals surface area contributed by atoms with Gasteiger partial charge in [-0.25, -0.2) is 14.8 Å². The van der Waals surface area contributed by atoms with E-state index in [1.54, 1.807) is 0 Å². The molecule has 2 rings (SSSR count). The molecule has 122 valence electrons. The second-order valence-electron chi connectivity index (χ2n) is 7.95. The van der Waals surface area contributed by atoms with Crippen molar-refractivity contribution in [2.45, 2.75) is 65.8 Å². The third-order valence-corrected chi connectivity index (χ3v) is 3.99. The van der Waals surface area contributed by atoms with Crippen LogP contribution in [0.2, 0.25) is 0 Å². The van der Waals surface area contributed by atoms with E-state index in [-0.39, 0.29) is 22.9 Å². The molecule has 2 amide bonds. The molecule has 1 heterocycles. The number of carbonyl (C=O) groups is 1. The third kappa shape index (κ3) is 3.76. The average Bonchev–Trinajstić information content (AvgIpc) is 2.35. The van der Waals surface area contributed by atoms with Crippen molar-refractivity contribution >= 4 is 6.03 Å². The lowest BCUT2D eigenvalue weighted by Gasteiger charge is -2.37. The standard InChI is InChI=1S/C17H28N4O/c1-7-18-15(22)21-13-9-17(5,6)8-12-11(13)10-19-14(20-12)16(2,3)4/h10,13H,7-9H2,1-6H3,(H2,18,21,22). The van der Waals surface area contributed by atoms with Crippen molar-refractivity contribution < 1.29 is 4.79 Å². The number of urea groups is 1. The molecule has 0 spiro atoms. The Hall–Kier alpha value is -1.65. The largest absolute Gasteiger partial charge is 0.338 e. The van der Waals surface area contributed by atoms with Crippen LogP contribution in [0.5, 0.6) is 0 Å². The second-order valence-corrected chi connectivity index (χ2v) is 7.95. The number of amides is 2. The van der Waals surface area contributed by atoms with E-state index in [0.717, 1.165) is 29.9 Å². The molecule has 0 saturated carbocycles. The van der Waals surface area contributed by atoms with Gasteiger partial charge >= 0.3 is 6.03 Å².